The third-order valence-electron chi connectivity index (χ3n) is 17.0. The van der Waals surface area contributed by atoms with Crippen molar-refractivity contribution in [3.05, 3.63) is 60.8 Å². The number of hydrogen-bond donors (Lipinski definition) is 3. The Morgan fingerprint density at radius 1 is 0.327 bits per heavy atom. The number of hydrogen-bond acceptors (Lipinski definition) is 15. The van der Waals surface area contributed by atoms with E-state index < -0.39 is 53.8 Å². The van der Waals surface area contributed by atoms with Crippen LogP contribution in [-0.2, 0) is 65.4 Å². The van der Waals surface area contributed by atoms with E-state index in [9.17, 15) is 43.2 Å². The molecule has 0 radical (unpaired) electrons. The topological polar surface area (TPSA) is 237 Å². The Bertz CT molecular complexity index is 2000. The van der Waals surface area contributed by atoms with E-state index in [0.29, 0.717) is 45.5 Å². The maximum Gasteiger partial charge on any atom is 0.472 e. The second-order valence-corrected chi connectivity index (χ2v) is 29.4. The number of aldehydes is 3. The maximum absolute atomic E-state index is 13.1. The monoisotopic (exact) mass is 1430 g/mol. The van der Waals surface area contributed by atoms with Crippen LogP contribution < -0.4 is 0 Å². The van der Waals surface area contributed by atoms with Crippen molar-refractivity contribution in [3.63, 3.8) is 0 Å². The van der Waals surface area contributed by atoms with Gasteiger partial charge < -0.3 is 48.2 Å². The van der Waals surface area contributed by atoms with Crippen molar-refractivity contribution in [2.45, 2.75) is 359 Å². The lowest BCUT2D eigenvalue weighted by Crippen LogP contribution is -2.28. The molecule has 0 fully saturated rings. The number of phosphoric ester groups is 2. The molecule has 572 valence electrons. The van der Waals surface area contributed by atoms with Crippen LogP contribution in [-0.4, -0.2) is 117 Å². The first-order valence-electron chi connectivity index (χ1n) is 39.4. The highest BCUT2D eigenvalue weighted by Gasteiger charge is 2.29. The fraction of sp³-hybridized carbons (Fsp3) is 0.823. The number of carbonyl (C=O) groups excluding carboxylic acids is 4. The van der Waals surface area contributed by atoms with E-state index in [1.807, 2.05) is 0 Å². The van der Waals surface area contributed by atoms with E-state index in [1.165, 1.54) is 77.0 Å². The quantitative estimate of drug-likeness (QED) is 0.0169. The number of ether oxygens (including phenoxy) is 4. The molecule has 3 N–H and O–H groups in total. The molecule has 0 aromatic carbocycles. The number of aliphatic hydroxyl groups excluding tert-OH is 1. The van der Waals surface area contributed by atoms with Crippen LogP contribution in [0.5, 0.6) is 0 Å². The third-order valence-corrected chi connectivity index (χ3v) is 18.9. The molecule has 0 aliphatic carbocycles. The SMILES string of the molecule is CCCCC/C=C\C/C=C\CCCCCCCC(=O)OC[C@H](COP(=O)(O)OC[C@@H](O)COP(=O)(O)OC[C@@H](COCCCCCCCCC/C=C\CCCCCCC=O)OCCCCCCC/C=C\CCCCCCC=O)OCCCCCCCCC/C=C\CCCCCCC=O. The normalized spacial score (nSPS) is 14.3. The number of rotatable bonds is 81. The van der Waals surface area contributed by atoms with Crippen LogP contribution in [0, 0.1) is 0 Å². The number of unbranched alkanes of at least 4 members (excludes halogenated alkanes) is 42. The highest BCUT2D eigenvalue weighted by molar-refractivity contribution is 7.47. The van der Waals surface area contributed by atoms with Gasteiger partial charge >= 0.3 is 21.6 Å². The third kappa shape index (κ3) is 75.9. The van der Waals surface area contributed by atoms with Gasteiger partial charge in [-0.3, -0.25) is 22.9 Å². The number of carbonyl (C=O) groups is 4. The van der Waals surface area contributed by atoms with Crippen LogP contribution in [0.2, 0.25) is 0 Å². The molecule has 0 aromatic heterocycles. The van der Waals surface area contributed by atoms with Gasteiger partial charge in [-0.2, -0.15) is 0 Å². The summed E-state index contributed by atoms with van der Waals surface area (Å²) >= 11 is 0. The molecule has 19 heteroatoms. The van der Waals surface area contributed by atoms with E-state index in [4.69, 9.17) is 37.0 Å². The van der Waals surface area contributed by atoms with E-state index in [2.05, 4.69) is 67.7 Å². The molecule has 0 saturated heterocycles. The van der Waals surface area contributed by atoms with Gasteiger partial charge in [0.15, 0.2) is 0 Å². The van der Waals surface area contributed by atoms with Crippen LogP contribution in [0.15, 0.2) is 60.8 Å². The Morgan fingerprint density at radius 2 is 0.602 bits per heavy atom. The van der Waals surface area contributed by atoms with Crippen molar-refractivity contribution in [1.29, 1.82) is 0 Å². The zero-order valence-electron chi connectivity index (χ0n) is 61.8. The summed E-state index contributed by atoms with van der Waals surface area (Å²) in [6, 6.07) is 0. The van der Waals surface area contributed by atoms with Gasteiger partial charge in [0, 0.05) is 45.5 Å². The van der Waals surface area contributed by atoms with Gasteiger partial charge in [0.25, 0.3) is 0 Å². The summed E-state index contributed by atoms with van der Waals surface area (Å²) in [4.78, 5) is 65.5. The zero-order valence-corrected chi connectivity index (χ0v) is 63.6. The van der Waals surface area contributed by atoms with Crippen molar-refractivity contribution < 1.29 is 80.2 Å². The molecular weight excluding hydrogens is 1280 g/mol. The van der Waals surface area contributed by atoms with E-state index in [1.54, 1.807) is 0 Å². The molecule has 0 spiro atoms. The zero-order chi connectivity index (χ0) is 71.3. The van der Waals surface area contributed by atoms with Gasteiger partial charge in [0.05, 0.1) is 33.0 Å². The fourth-order valence-corrected chi connectivity index (χ4v) is 12.5. The van der Waals surface area contributed by atoms with Gasteiger partial charge in [-0.05, 0) is 154 Å². The van der Waals surface area contributed by atoms with Crippen molar-refractivity contribution >= 4 is 40.5 Å². The molecule has 0 bridgehead atoms. The maximum atomic E-state index is 13.1. The Kier molecular flexibility index (Phi) is 74.7. The van der Waals surface area contributed by atoms with Crippen LogP contribution in [0.3, 0.4) is 0 Å². The molecule has 0 rings (SSSR count). The Morgan fingerprint density at radius 3 is 0.949 bits per heavy atom. The van der Waals surface area contributed by atoms with Crippen molar-refractivity contribution in [2.24, 2.45) is 0 Å². The van der Waals surface area contributed by atoms with Gasteiger partial charge in [0.2, 0.25) is 0 Å². The first-order chi connectivity index (χ1) is 48.0. The summed E-state index contributed by atoms with van der Waals surface area (Å²) in [5, 5.41) is 10.6. The average Bonchev–Trinajstić information content (AvgIpc) is 1.70. The molecule has 17 nitrogen and oxygen atoms in total. The summed E-state index contributed by atoms with van der Waals surface area (Å²) in [5.41, 5.74) is 0. The Labute approximate surface area is 597 Å². The first kappa shape index (κ1) is 95.2. The molecule has 2 unspecified atom stereocenters. The minimum atomic E-state index is -4.80. The minimum absolute atomic E-state index is 0.152. The highest BCUT2D eigenvalue weighted by atomic mass is 31.2. The molecular formula is C79H144O17P2. The smallest absolute Gasteiger partial charge is 0.463 e. The lowest BCUT2D eigenvalue weighted by molar-refractivity contribution is -0.149. The number of esters is 1. The summed E-state index contributed by atoms with van der Waals surface area (Å²) in [6.07, 6.45) is 76.7. The fourth-order valence-electron chi connectivity index (χ4n) is 10.9. The average molecular weight is 1430 g/mol. The van der Waals surface area contributed by atoms with E-state index in [-0.39, 0.29) is 32.2 Å². The van der Waals surface area contributed by atoms with Gasteiger partial charge in [-0.15, -0.1) is 0 Å². The van der Waals surface area contributed by atoms with Crippen LogP contribution in [0.25, 0.3) is 0 Å². The van der Waals surface area contributed by atoms with Crippen molar-refractivity contribution in [3.8, 4) is 0 Å². The molecule has 0 heterocycles. The molecule has 0 aromatic rings. The van der Waals surface area contributed by atoms with E-state index in [0.717, 1.165) is 244 Å². The molecule has 0 amide bonds. The molecule has 0 aliphatic heterocycles. The second-order valence-electron chi connectivity index (χ2n) is 26.5. The van der Waals surface area contributed by atoms with Gasteiger partial charge in [-0.1, -0.05) is 222 Å². The number of aliphatic hydroxyl groups is 1. The number of allylic oxidation sites excluding steroid dienone is 10. The summed E-state index contributed by atoms with van der Waals surface area (Å²) < 4.78 is 70.7. The van der Waals surface area contributed by atoms with Crippen LogP contribution >= 0.6 is 15.6 Å². The molecule has 5 atom stereocenters. The highest BCUT2D eigenvalue weighted by Crippen LogP contribution is 2.45. The van der Waals surface area contributed by atoms with Gasteiger partial charge in [-0.25, -0.2) is 9.13 Å². The lowest BCUT2D eigenvalue weighted by atomic mass is 10.1. The predicted octanol–water partition coefficient (Wildman–Crippen LogP) is 21.6. The minimum Gasteiger partial charge on any atom is -0.463 e. The van der Waals surface area contributed by atoms with Crippen LogP contribution in [0.4, 0.5) is 0 Å². The summed E-state index contributed by atoms with van der Waals surface area (Å²) in [6.45, 7) is 1.19. The lowest BCUT2D eigenvalue weighted by Gasteiger charge is -2.21. The standard InChI is InChI=1S/C79H144O17P2/c1-2-3-4-5-6-7-8-9-14-21-28-35-42-49-56-63-79(84)92-73-78(91-69-62-55-48-41-34-26-19-13-11-16-23-30-37-44-51-58-65-81)75-96-98(87,88)94-71-76(83)70-93-97(85,86)95-74-77(90-68-61-54-47-40-33-27-20-17-24-31-38-45-52-59-66-82)72-89-67-60-53-46-39-32-25-18-12-10-15-22-29-36-43-50-57-64-80/h6-7,9-11,14-17,20,64-66,76-78,83H,2-5,8,12-13,18-19,21-63,67-75H2,1H3,(H,85,86)(H,87,88)/b7-6-,14-9-,15-10-,16-11-,20-17-/t76-,77+,78+/m0/s1. The Balaban J connectivity index is 5.13. The summed E-state index contributed by atoms with van der Waals surface area (Å²) in [7, 11) is -9.53. The number of phosphoric acid groups is 2. The second kappa shape index (κ2) is 76.9. The molecule has 98 heavy (non-hydrogen) atoms. The van der Waals surface area contributed by atoms with Crippen molar-refractivity contribution in [1.82, 2.24) is 0 Å². The van der Waals surface area contributed by atoms with Gasteiger partial charge in [0.1, 0.15) is 43.8 Å². The predicted molar refractivity (Wildman–Crippen MR) is 400 cm³/mol. The van der Waals surface area contributed by atoms with Crippen LogP contribution in [0.1, 0.15) is 341 Å². The Hall–Kier alpha value is -2.76. The van der Waals surface area contributed by atoms with E-state index >= 15 is 0 Å². The largest absolute Gasteiger partial charge is 0.472 e. The van der Waals surface area contributed by atoms with Crippen molar-refractivity contribution in [2.75, 3.05) is 59.5 Å². The molecule has 0 saturated carbocycles. The summed E-state index contributed by atoms with van der Waals surface area (Å²) in [5.74, 6) is -0.385. The molecule has 0 aliphatic rings. The first-order valence-corrected chi connectivity index (χ1v) is 42.4.